The molecule has 5 aromatic rings. The first-order valence-corrected chi connectivity index (χ1v) is 18.9. The molecule has 11 nitrogen and oxygen atoms in total. The van der Waals surface area contributed by atoms with Crippen molar-refractivity contribution in [3.8, 4) is 22.9 Å². The predicted octanol–water partition coefficient (Wildman–Crippen LogP) is 6.75. The van der Waals surface area contributed by atoms with Crippen LogP contribution in [0.2, 0.25) is 10.0 Å². The first-order chi connectivity index (χ1) is 26.2. The van der Waals surface area contributed by atoms with E-state index in [0.717, 1.165) is 51.4 Å². The van der Waals surface area contributed by atoms with Crippen molar-refractivity contribution in [1.82, 2.24) is 25.0 Å². The molecular weight excluding hydrogens is 725 g/mol. The molecular formula is C41H43Cl2N7O4. The molecule has 7 rings (SSSR count). The molecule has 3 aromatic carbocycles. The highest BCUT2D eigenvalue weighted by molar-refractivity contribution is 6.36. The summed E-state index contributed by atoms with van der Waals surface area (Å²) in [4.78, 5) is 20.6. The summed E-state index contributed by atoms with van der Waals surface area (Å²) in [5, 5.41) is 38.1. The van der Waals surface area contributed by atoms with E-state index in [-0.39, 0.29) is 13.2 Å². The summed E-state index contributed by atoms with van der Waals surface area (Å²) < 4.78 is 8.12. The molecule has 4 heterocycles. The lowest BCUT2D eigenvalue weighted by atomic mass is 9.71. The van der Waals surface area contributed by atoms with E-state index in [4.69, 9.17) is 33.0 Å². The number of carboxylic acid groups (broad SMARTS) is 1. The molecule has 2 aliphatic heterocycles. The number of nitrogens with zero attached hydrogens (tertiary/aromatic N) is 6. The molecule has 0 unspecified atom stereocenters. The van der Waals surface area contributed by atoms with Gasteiger partial charge in [0, 0.05) is 59.1 Å². The average Bonchev–Trinajstić information content (AvgIpc) is 3.60. The third-order valence-corrected chi connectivity index (χ3v) is 11.8. The van der Waals surface area contributed by atoms with E-state index in [1.54, 1.807) is 18.3 Å². The number of likely N-dealkylation sites (tertiary alicyclic amines) is 1. The number of aliphatic hydroxyl groups excluding tert-OH is 1. The Hall–Kier alpha value is -4.70. The van der Waals surface area contributed by atoms with Crippen LogP contribution in [0.3, 0.4) is 0 Å². The van der Waals surface area contributed by atoms with Gasteiger partial charge in [0.15, 0.2) is 0 Å². The fraction of sp³-hybridized carbons (Fsp3) is 0.366. The van der Waals surface area contributed by atoms with Crippen LogP contribution in [0.5, 0.6) is 5.75 Å². The Balaban J connectivity index is 1.14. The number of pyridine rings is 1. The molecule has 2 saturated heterocycles. The fourth-order valence-corrected chi connectivity index (χ4v) is 8.29. The number of hydrogen-bond acceptors (Lipinski definition) is 9. The van der Waals surface area contributed by atoms with E-state index in [1.165, 1.54) is 45.0 Å². The van der Waals surface area contributed by atoms with E-state index in [9.17, 15) is 20.3 Å². The highest BCUT2D eigenvalue weighted by atomic mass is 35.5. The van der Waals surface area contributed by atoms with Crippen LogP contribution < -0.4 is 15.0 Å². The molecule has 54 heavy (non-hydrogen) atoms. The molecule has 0 aliphatic carbocycles. The van der Waals surface area contributed by atoms with Gasteiger partial charge in [-0.15, -0.1) is 0 Å². The number of rotatable bonds is 12. The minimum absolute atomic E-state index is 0.0765. The van der Waals surface area contributed by atoms with Crippen LogP contribution in [0.25, 0.3) is 22.0 Å². The first kappa shape index (κ1) is 37.6. The predicted molar refractivity (Wildman–Crippen MR) is 210 cm³/mol. The molecule has 0 saturated carbocycles. The molecule has 1 spiro atoms. The Morgan fingerprint density at radius 3 is 2.48 bits per heavy atom. The number of nitrogens with one attached hydrogen (secondary N) is 1. The molecule has 0 radical (unpaired) electrons. The smallest absolute Gasteiger partial charge is 0.323 e. The topological polar surface area (TPSA) is 140 Å². The summed E-state index contributed by atoms with van der Waals surface area (Å²) in [5.41, 5.74) is 6.82. The Labute approximate surface area is 324 Å². The van der Waals surface area contributed by atoms with Gasteiger partial charge in [-0.3, -0.25) is 19.8 Å². The number of anilines is 1. The Kier molecular flexibility index (Phi) is 11.4. The van der Waals surface area contributed by atoms with Crippen molar-refractivity contribution in [3.05, 3.63) is 105 Å². The third kappa shape index (κ3) is 8.04. The molecule has 0 amide bonds. The van der Waals surface area contributed by atoms with Crippen LogP contribution >= 0.6 is 23.2 Å². The third-order valence-electron chi connectivity index (χ3n) is 11.1. The first-order valence-electron chi connectivity index (χ1n) is 18.2. The van der Waals surface area contributed by atoms with Gasteiger partial charge in [0.2, 0.25) is 0 Å². The Bertz CT molecular complexity index is 2180. The lowest BCUT2D eigenvalue weighted by molar-refractivity contribution is -0.140. The van der Waals surface area contributed by atoms with Crippen molar-refractivity contribution in [2.45, 2.75) is 51.4 Å². The van der Waals surface area contributed by atoms with Gasteiger partial charge in [-0.2, -0.15) is 10.4 Å². The van der Waals surface area contributed by atoms with Gasteiger partial charge in [0.05, 0.1) is 41.1 Å². The van der Waals surface area contributed by atoms with Crippen molar-refractivity contribution in [2.75, 3.05) is 44.7 Å². The number of ether oxygens (including phenoxy) is 1. The van der Waals surface area contributed by atoms with E-state index in [2.05, 4.69) is 57.5 Å². The van der Waals surface area contributed by atoms with Crippen LogP contribution in [0, 0.1) is 16.7 Å². The molecule has 2 aliphatic rings. The van der Waals surface area contributed by atoms with E-state index in [1.807, 2.05) is 29.1 Å². The number of aromatic nitrogens is 3. The maximum atomic E-state index is 11.6. The van der Waals surface area contributed by atoms with Crippen LogP contribution in [-0.4, -0.2) is 81.7 Å². The number of carbonyl (C=O) groups is 1. The number of fused-ring (bicyclic) bond motifs is 1. The summed E-state index contributed by atoms with van der Waals surface area (Å²) in [5.74, 6) is -0.709. The van der Waals surface area contributed by atoms with Crippen molar-refractivity contribution in [2.24, 2.45) is 5.41 Å². The van der Waals surface area contributed by atoms with Crippen LogP contribution in [0.4, 0.5) is 5.69 Å². The van der Waals surface area contributed by atoms with Gasteiger partial charge in [-0.25, -0.2) is 0 Å². The maximum Gasteiger partial charge on any atom is 0.323 e. The number of benzene rings is 3. The molecule has 0 bridgehead atoms. The quantitative estimate of drug-likeness (QED) is 0.125. The lowest BCUT2D eigenvalue weighted by Crippen LogP contribution is -2.46. The lowest BCUT2D eigenvalue weighted by Gasteiger charge is -2.47. The average molecular weight is 769 g/mol. The number of aliphatic hydroxyl groups is 1. The van der Waals surface area contributed by atoms with Crippen molar-refractivity contribution in [3.63, 3.8) is 0 Å². The van der Waals surface area contributed by atoms with Gasteiger partial charge < -0.3 is 24.7 Å². The highest BCUT2D eigenvalue weighted by Crippen LogP contribution is 2.45. The Morgan fingerprint density at radius 2 is 1.74 bits per heavy atom. The van der Waals surface area contributed by atoms with E-state index < -0.39 is 18.6 Å². The SMILES string of the molecule is CN1CCC2(CC1)CCN(c1cccc(-c3cccc4c3cnn4Cc3cc(OCc4cncc(C#N)c4)c(CN[C@@H](CO)C(=O)O)cc3Cl)c1Cl)CC2. The summed E-state index contributed by atoms with van der Waals surface area (Å²) >= 11 is 14.1. The number of nitriles is 1. The molecule has 3 N–H and O–H groups in total. The molecule has 1 atom stereocenters. The standard InChI is InChI=1S/C41H43Cl2N7O4/c1-48-12-8-41(9-13-48)10-14-49(15-11-41)37-7-3-5-32(39(37)43)31-4-2-6-36-33(31)23-47-50(36)24-30-18-38(54-26-28-16-27(19-44)20-45-21-28)29(17-34(30)42)22-46-35(25-51)40(52)53/h2-7,16-18,20-21,23,35,46,51H,8-15,22,24-26H2,1H3,(H,52,53)/t35-/m0/s1. The van der Waals surface area contributed by atoms with Crippen molar-refractivity contribution in [1.29, 1.82) is 5.26 Å². The zero-order valence-electron chi connectivity index (χ0n) is 30.1. The van der Waals surface area contributed by atoms with Gasteiger partial charge in [-0.1, -0.05) is 47.5 Å². The number of halogens is 2. The van der Waals surface area contributed by atoms with Crippen LogP contribution in [0.1, 0.15) is 47.9 Å². The van der Waals surface area contributed by atoms with Crippen LogP contribution in [-0.2, 0) is 24.5 Å². The van der Waals surface area contributed by atoms with E-state index in [0.29, 0.717) is 39.4 Å². The second-order valence-electron chi connectivity index (χ2n) is 14.5. The minimum atomic E-state index is -1.17. The monoisotopic (exact) mass is 767 g/mol. The zero-order valence-corrected chi connectivity index (χ0v) is 31.7. The maximum absolute atomic E-state index is 11.6. The molecule has 280 valence electrons. The van der Waals surface area contributed by atoms with Crippen molar-refractivity contribution >= 4 is 45.8 Å². The Morgan fingerprint density at radius 1 is 1.00 bits per heavy atom. The number of hydrogen-bond donors (Lipinski definition) is 3. The largest absolute Gasteiger partial charge is 0.489 e. The van der Waals surface area contributed by atoms with Crippen molar-refractivity contribution < 1.29 is 19.7 Å². The zero-order chi connectivity index (χ0) is 37.8. The summed E-state index contributed by atoms with van der Waals surface area (Å²) in [6, 6.07) is 18.6. The minimum Gasteiger partial charge on any atom is -0.489 e. The van der Waals surface area contributed by atoms with Crippen LogP contribution in [0.15, 0.2) is 73.2 Å². The summed E-state index contributed by atoms with van der Waals surface area (Å²) in [6.45, 7) is 4.29. The summed E-state index contributed by atoms with van der Waals surface area (Å²) in [6.07, 6.45) is 9.87. The number of piperidine rings is 2. The molecule has 13 heteroatoms. The normalized spacial score (nSPS) is 16.4. The molecule has 2 fully saturated rings. The summed E-state index contributed by atoms with van der Waals surface area (Å²) in [7, 11) is 2.22. The van der Waals surface area contributed by atoms with Gasteiger partial charge >= 0.3 is 5.97 Å². The number of carboxylic acids is 1. The highest BCUT2D eigenvalue weighted by Gasteiger charge is 2.37. The number of aliphatic carboxylic acids is 1. The van der Waals surface area contributed by atoms with Gasteiger partial charge in [-0.05, 0) is 92.7 Å². The fourth-order valence-electron chi connectivity index (χ4n) is 7.69. The molecule has 2 aromatic heterocycles. The van der Waals surface area contributed by atoms with Gasteiger partial charge in [0.25, 0.3) is 0 Å². The second kappa shape index (κ2) is 16.3. The second-order valence-corrected chi connectivity index (χ2v) is 15.2. The van der Waals surface area contributed by atoms with Gasteiger partial charge in [0.1, 0.15) is 24.5 Å². The van der Waals surface area contributed by atoms with E-state index >= 15 is 0 Å².